The molecule has 0 bridgehead atoms. The molecular weight excluding hydrogens is 378 g/mol. The fourth-order valence-corrected chi connectivity index (χ4v) is 3.41. The summed E-state index contributed by atoms with van der Waals surface area (Å²) >= 11 is 0. The van der Waals surface area contributed by atoms with Gasteiger partial charge in [0.1, 0.15) is 0 Å². The summed E-state index contributed by atoms with van der Waals surface area (Å²) in [6.07, 6.45) is 7.90. The summed E-state index contributed by atoms with van der Waals surface area (Å²) in [6, 6.07) is 3.92. The predicted octanol–water partition coefficient (Wildman–Crippen LogP) is 2.60. The second-order valence-electron chi connectivity index (χ2n) is 7.15. The highest BCUT2D eigenvalue weighted by Gasteiger charge is 2.35. The number of rotatable bonds is 9. The van der Waals surface area contributed by atoms with Crippen LogP contribution < -0.4 is 5.32 Å². The van der Waals surface area contributed by atoms with Crippen LogP contribution >= 0.6 is 0 Å². The van der Waals surface area contributed by atoms with Crippen LogP contribution in [0.5, 0.6) is 0 Å². The normalized spacial score (nSPS) is 16.0. The minimum Gasteiger partial charge on any atom is -0.452 e. The van der Waals surface area contributed by atoms with E-state index in [0.717, 1.165) is 50.3 Å². The number of aliphatic hydroxyl groups is 1. The summed E-state index contributed by atoms with van der Waals surface area (Å²) in [7, 11) is 0. The van der Waals surface area contributed by atoms with Gasteiger partial charge in [-0.15, -0.1) is 0 Å². The van der Waals surface area contributed by atoms with E-state index in [-0.39, 0.29) is 36.4 Å². The average molecular weight is 403 g/mol. The number of ether oxygens (including phenoxy) is 1. The van der Waals surface area contributed by atoms with Crippen molar-refractivity contribution in [3.8, 4) is 0 Å². The number of nitro groups is 1. The van der Waals surface area contributed by atoms with Crippen LogP contribution in [0.1, 0.15) is 48.9 Å². The van der Waals surface area contributed by atoms with Crippen LogP contribution in [0.4, 0.5) is 11.4 Å². The number of nitrogens with zero attached hydrogens (tertiary/aromatic N) is 2. The summed E-state index contributed by atoms with van der Waals surface area (Å²) in [5.74, 6) is -1.10. The second-order valence-corrected chi connectivity index (χ2v) is 7.15. The molecular formula is C20H25N3O6. The maximum absolute atomic E-state index is 12.7. The standard InChI is InChI=1S/C20H25N3O6/c24-11-10-21-18-9-8-16(23(27)28)12-17(18)20(26)29-13-19(25)22(15-6-7-15)14-4-2-1-3-5-14/h4,8-9,12,15,21,24H,1-3,5-7,10-11,13H2. The molecule has 9 heteroatoms. The van der Waals surface area contributed by atoms with Gasteiger partial charge in [0.05, 0.1) is 17.1 Å². The third kappa shape index (κ3) is 5.32. The van der Waals surface area contributed by atoms with Crippen molar-refractivity contribution in [2.75, 3.05) is 25.1 Å². The molecule has 2 aliphatic rings. The second kappa shape index (κ2) is 9.51. The fourth-order valence-electron chi connectivity index (χ4n) is 3.41. The largest absolute Gasteiger partial charge is 0.452 e. The summed E-state index contributed by atoms with van der Waals surface area (Å²) in [6.45, 7) is -0.426. The van der Waals surface area contributed by atoms with E-state index in [1.165, 1.54) is 12.1 Å². The van der Waals surface area contributed by atoms with Crippen LogP contribution in [-0.4, -0.2) is 52.6 Å². The van der Waals surface area contributed by atoms with E-state index in [1.54, 1.807) is 4.90 Å². The van der Waals surface area contributed by atoms with E-state index in [1.807, 2.05) is 0 Å². The van der Waals surface area contributed by atoms with E-state index >= 15 is 0 Å². The summed E-state index contributed by atoms with van der Waals surface area (Å²) in [5.41, 5.74) is 0.997. The third-order valence-corrected chi connectivity index (χ3v) is 4.95. The van der Waals surface area contributed by atoms with Gasteiger partial charge >= 0.3 is 5.97 Å². The first-order valence-electron chi connectivity index (χ1n) is 9.82. The molecule has 1 amide bonds. The first-order chi connectivity index (χ1) is 14.0. The Morgan fingerprint density at radius 3 is 2.72 bits per heavy atom. The number of carbonyl (C=O) groups excluding carboxylic acids is 2. The van der Waals surface area contributed by atoms with Gasteiger partial charge in [-0.2, -0.15) is 0 Å². The van der Waals surface area contributed by atoms with E-state index in [0.29, 0.717) is 5.69 Å². The van der Waals surface area contributed by atoms with Gasteiger partial charge in [-0.1, -0.05) is 6.08 Å². The average Bonchev–Trinajstić information content (AvgIpc) is 3.56. The zero-order valence-corrected chi connectivity index (χ0v) is 16.1. The lowest BCUT2D eigenvalue weighted by molar-refractivity contribution is -0.384. The van der Waals surface area contributed by atoms with E-state index in [2.05, 4.69) is 11.4 Å². The molecule has 0 aromatic heterocycles. The minimum atomic E-state index is -0.823. The monoisotopic (exact) mass is 403 g/mol. The van der Waals surface area contributed by atoms with Crippen LogP contribution in [0, 0.1) is 10.1 Å². The van der Waals surface area contributed by atoms with Crippen molar-refractivity contribution < 1.29 is 24.4 Å². The molecule has 0 unspecified atom stereocenters. The van der Waals surface area contributed by atoms with Crippen molar-refractivity contribution in [1.29, 1.82) is 0 Å². The van der Waals surface area contributed by atoms with E-state index in [4.69, 9.17) is 9.84 Å². The Labute approximate surface area is 168 Å². The number of hydrogen-bond donors (Lipinski definition) is 2. The van der Waals surface area contributed by atoms with Crippen LogP contribution in [0.2, 0.25) is 0 Å². The molecule has 1 saturated carbocycles. The predicted molar refractivity (Wildman–Crippen MR) is 105 cm³/mol. The molecule has 2 N–H and O–H groups in total. The van der Waals surface area contributed by atoms with Gasteiger partial charge in [-0.05, 0) is 44.6 Å². The highest BCUT2D eigenvalue weighted by molar-refractivity contribution is 5.97. The smallest absolute Gasteiger partial charge is 0.341 e. The summed E-state index contributed by atoms with van der Waals surface area (Å²) < 4.78 is 5.21. The summed E-state index contributed by atoms with van der Waals surface area (Å²) in [4.78, 5) is 37.5. The molecule has 1 aromatic rings. The van der Waals surface area contributed by atoms with E-state index in [9.17, 15) is 19.7 Å². The van der Waals surface area contributed by atoms with E-state index < -0.39 is 17.5 Å². The number of nitrogens with one attached hydrogen (secondary N) is 1. The number of hydrogen-bond acceptors (Lipinski definition) is 7. The van der Waals surface area contributed by atoms with Crippen molar-refractivity contribution in [3.63, 3.8) is 0 Å². The van der Waals surface area contributed by atoms with Gasteiger partial charge in [0.2, 0.25) is 0 Å². The molecule has 0 radical (unpaired) electrons. The number of allylic oxidation sites excluding steroid dienone is 2. The quantitative estimate of drug-likeness (QED) is 0.369. The van der Waals surface area contributed by atoms with Crippen molar-refractivity contribution in [2.45, 2.75) is 44.6 Å². The first kappa shape index (κ1) is 20.8. The molecule has 1 aromatic carbocycles. The first-order valence-corrected chi connectivity index (χ1v) is 9.82. The topological polar surface area (TPSA) is 122 Å². The number of anilines is 1. The van der Waals surface area contributed by atoms with Gasteiger partial charge in [-0.3, -0.25) is 14.9 Å². The highest BCUT2D eigenvalue weighted by atomic mass is 16.6. The van der Waals surface area contributed by atoms with Gasteiger partial charge < -0.3 is 20.1 Å². The third-order valence-electron chi connectivity index (χ3n) is 4.95. The molecule has 0 atom stereocenters. The molecule has 0 heterocycles. The fraction of sp³-hybridized carbons (Fsp3) is 0.500. The highest BCUT2D eigenvalue weighted by Crippen LogP contribution is 2.34. The molecule has 2 aliphatic carbocycles. The van der Waals surface area contributed by atoms with Crippen LogP contribution in [0.15, 0.2) is 30.0 Å². The maximum Gasteiger partial charge on any atom is 0.341 e. The van der Waals surface area contributed by atoms with Crippen molar-refractivity contribution in [1.82, 2.24) is 4.90 Å². The SMILES string of the molecule is O=C(OCC(=O)N(C1=CCCCC1)C1CC1)c1cc([N+](=O)[O-])ccc1NCCO. The molecule has 0 saturated heterocycles. The van der Waals surface area contributed by atoms with Crippen LogP contribution in [0.25, 0.3) is 0 Å². The maximum atomic E-state index is 12.7. The number of amides is 1. The molecule has 9 nitrogen and oxygen atoms in total. The molecule has 0 spiro atoms. The molecule has 0 aliphatic heterocycles. The Bertz CT molecular complexity index is 818. The van der Waals surface area contributed by atoms with Crippen molar-refractivity contribution >= 4 is 23.3 Å². The Hall–Kier alpha value is -2.94. The number of nitro benzene ring substituents is 1. The lowest BCUT2D eigenvalue weighted by Crippen LogP contribution is -2.36. The molecule has 1 fully saturated rings. The van der Waals surface area contributed by atoms with Crippen LogP contribution in [0.3, 0.4) is 0 Å². The minimum absolute atomic E-state index is 0.0460. The number of benzene rings is 1. The van der Waals surface area contributed by atoms with Crippen molar-refractivity contribution in [3.05, 3.63) is 45.6 Å². The molecule has 156 valence electrons. The number of non-ortho nitro benzene ring substituents is 1. The van der Waals surface area contributed by atoms with Gasteiger partial charge in [0.15, 0.2) is 6.61 Å². The lowest BCUT2D eigenvalue weighted by Gasteiger charge is -2.27. The van der Waals surface area contributed by atoms with Gasteiger partial charge in [0, 0.05) is 36.1 Å². The molecule has 3 rings (SSSR count). The molecule has 29 heavy (non-hydrogen) atoms. The van der Waals surface area contributed by atoms with Gasteiger partial charge in [0.25, 0.3) is 11.6 Å². The van der Waals surface area contributed by atoms with Crippen molar-refractivity contribution in [2.24, 2.45) is 0 Å². The zero-order chi connectivity index (χ0) is 20.8. The number of carbonyl (C=O) groups is 2. The lowest BCUT2D eigenvalue weighted by atomic mass is 10.0. The van der Waals surface area contributed by atoms with Gasteiger partial charge in [-0.25, -0.2) is 4.79 Å². The Balaban J connectivity index is 1.70. The number of esters is 1. The Morgan fingerprint density at radius 1 is 1.31 bits per heavy atom. The summed E-state index contributed by atoms with van der Waals surface area (Å²) in [5, 5.41) is 22.8. The number of aliphatic hydroxyl groups excluding tert-OH is 1. The zero-order valence-electron chi connectivity index (χ0n) is 16.1. The van der Waals surface area contributed by atoms with Crippen LogP contribution in [-0.2, 0) is 9.53 Å². The Morgan fingerprint density at radius 2 is 2.10 bits per heavy atom. The Kier molecular flexibility index (Phi) is 6.82.